The van der Waals surface area contributed by atoms with E-state index in [0.29, 0.717) is 0 Å². The number of unbranched alkanes of at least 4 members (excludes halogenated alkanes) is 11. The van der Waals surface area contributed by atoms with Crippen LogP contribution in [0.15, 0.2) is 12.2 Å². The molecule has 0 aliphatic heterocycles. The summed E-state index contributed by atoms with van der Waals surface area (Å²) in [6.07, 6.45) is 16.6. The van der Waals surface area contributed by atoms with Crippen LogP contribution in [0.1, 0.15) is 85.3 Å². The second kappa shape index (κ2) is 16.0. The minimum Gasteiger partial charge on any atom is -0.395 e. The number of hydrogen-bond acceptors (Lipinski definition) is 3. The SMILES string of the molecule is [3H][C@](O)(/C=C/CCCCCCCCCCCCC)[C@H](N)CO. The Labute approximate surface area is 133 Å². The van der Waals surface area contributed by atoms with E-state index in [1.165, 1.54) is 70.3 Å². The zero-order valence-electron chi connectivity index (χ0n) is 14.9. The molecule has 0 aliphatic carbocycles. The molecule has 0 aromatic carbocycles. The summed E-state index contributed by atoms with van der Waals surface area (Å²) in [6.45, 7) is 1.86. The molecule has 0 heterocycles. The predicted molar refractivity (Wildman–Crippen MR) is 91.3 cm³/mol. The molecule has 3 heteroatoms. The molecule has 0 fully saturated rings. The third-order valence-corrected chi connectivity index (χ3v) is 3.84. The largest absolute Gasteiger partial charge is 0.395 e. The molecule has 0 aliphatic rings. The van der Waals surface area contributed by atoms with Gasteiger partial charge >= 0.3 is 0 Å². The lowest BCUT2D eigenvalue weighted by Gasteiger charge is -2.11. The molecule has 4 N–H and O–H groups in total. The Morgan fingerprint density at radius 3 is 1.90 bits per heavy atom. The van der Waals surface area contributed by atoms with Crippen LogP contribution in [0.2, 0.25) is 0 Å². The summed E-state index contributed by atoms with van der Waals surface area (Å²) >= 11 is 0. The van der Waals surface area contributed by atoms with Crippen LogP contribution >= 0.6 is 0 Å². The van der Waals surface area contributed by atoms with Gasteiger partial charge in [-0.3, -0.25) is 0 Å². The topological polar surface area (TPSA) is 66.5 Å². The second-order valence-electron chi connectivity index (χ2n) is 5.94. The fraction of sp³-hybridized carbons (Fsp3) is 0.889. The first kappa shape index (κ1) is 18.7. The van der Waals surface area contributed by atoms with Gasteiger partial charge in [-0.05, 0) is 12.8 Å². The molecule has 0 unspecified atom stereocenters. The quantitative estimate of drug-likeness (QED) is 0.317. The maximum absolute atomic E-state index is 9.65. The average Bonchev–Trinajstić information content (AvgIpc) is 2.50. The van der Waals surface area contributed by atoms with Crippen LogP contribution in [-0.2, 0) is 0 Å². The van der Waals surface area contributed by atoms with Crippen LogP contribution in [0.4, 0.5) is 0 Å². The zero-order valence-corrected chi connectivity index (χ0v) is 13.9. The van der Waals surface area contributed by atoms with E-state index in [1.54, 1.807) is 6.08 Å². The first-order chi connectivity index (χ1) is 10.5. The number of rotatable bonds is 15. The molecular formula is C18H37NO2. The Balaban J connectivity index is 3.36. The van der Waals surface area contributed by atoms with Gasteiger partial charge in [-0.15, -0.1) is 0 Å². The molecule has 0 aromatic rings. The van der Waals surface area contributed by atoms with Crippen molar-refractivity contribution in [1.82, 2.24) is 0 Å². The van der Waals surface area contributed by atoms with Crippen LogP contribution < -0.4 is 5.73 Å². The van der Waals surface area contributed by atoms with E-state index in [2.05, 4.69) is 6.92 Å². The summed E-state index contributed by atoms with van der Waals surface area (Å²) in [4.78, 5) is 0. The number of aliphatic hydroxyl groups excluding tert-OH is 1. The Hall–Kier alpha value is -0.380. The van der Waals surface area contributed by atoms with E-state index >= 15 is 0 Å². The highest BCUT2D eigenvalue weighted by Gasteiger charge is 2.08. The van der Waals surface area contributed by atoms with E-state index in [1.807, 2.05) is 0 Å². The van der Waals surface area contributed by atoms with E-state index < -0.39 is 12.1 Å². The van der Waals surface area contributed by atoms with Gasteiger partial charge in [0.05, 0.1) is 20.1 Å². The normalized spacial score (nSPS) is 16.9. The van der Waals surface area contributed by atoms with E-state index in [4.69, 9.17) is 12.2 Å². The Morgan fingerprint density at radius 2 is 1.43 bits per heavy atom. The summed E-state index contributed by atoms with van der Waals surface area (Å²) in [5, 5.41) is 18.5. The molecule has 0 bridgehead atoms. The van der Waals surface area contributed by atoms with Crippen molar-refractivity contribution in [2.45, 2.75) is 96.1 Å². The van der Waals surface area contributed by atoms with Crippen LogP contribution in [-0.4, -0.2) is 28.9 Å². The van der Waals surface area contributed by atoms with E-state index in [-0.39, 0.29) is 6.61 Å². The molecule has 0 saturated carbocycles. The molecule has 3 nitrogen and oxygen atoms in total. The minimum absolute atomic E-state index is 0.386. The van der Waals surface area contributed by atoms with E-state index in [0.717, 1.165) is 12.8 Å². The van der Waals surface area contributed by atoms with Gasteiger partial charge in [0, 0.05) is 0 Å². The Bertz CT molecular complexity index is 270. The van der Waals surface area contributed by atoms with Gasteiger partial charge in [-0.2, -0.15) is 0 Å². The summed E-state index contributed by atoms with van der Waals surface area (Å²) in [6, 6.07) is -0.943. The molecule has 0 amide bonds. The summed E-state index contributed by atoms with van der Waals surface area (Å²) < 4.78 is 7.57. The predicted octanol–water partition coefficient (Wildman–Crippen LogP) is 3.92. The van der Waals surface area contributed by atoms with Gasteiger partial charge in [0.2, 0.25) is 0 Å². The van der Waals surface area contributed by atoms with Gasteiger partial charge in [0.1, 0.15) is 0 Å². The lowest BCUT2D eigenvalue weighted by atomic mass is 10.0. The minimum atomic E-state index is -1.85. The Morgan fingerprint density at radius 1 is 0.952 bits per heavy atom. The third kappa shape index (κ3) is 14.3. The standard InChI is InChI=1S/C18H37NO2/c1-2-3-4-5-6-7-8-9-10-11-12-13-14-15-18(21)17(19)16-20/h14-15,17-18,20-21H,2-13,16,19H2,1H3/b15-14+/t17-,18+/m1/s1/i18T. The van der Waals surface area contributed by atoms with Crippen molar-refractivity contribution < 1.29 is 11.6 Å². The van der Waals surface area contributed by atoms with Gasteiger partial charge in [0.25, 0.3) is 0 Å². The summed E-state index contributed by atoms with van der Waals surface area (Å²) in [5.41, 5.74) is 5.46. The van der Waals surface area contributed by atoms with Crippen molar-refractivity contribution >= 4 is 0 Å². The van der Waals surface area contributed by atoms with Crippen LogP contribution in [0.5, 0.6) is 0 Å². The summed E-state index contributed by atoms with van der Waals surface area (Å²) in [5.74, 6) is 0. The number of hydrogen-bond donors (Lipinski definition) is 3. The zero-order chi connectivity index (χ0) is 16.7. The monoisotopic (exact) mass is 301 g/mol. The van der Waals surface area contributed by atoms with Crippen LogP contribution in [0.25, 0.3) is 0 Å². The van der Waals surface area contributed by atoms with Gasteiger partial charge < -0.3 is 15.9 Å². The highest BCUT2D eigenvalue weighted by Crippen LogP contribution is 2.12. The lowest BCUT2D eigenvalue weighted by Crippen LogP contribution is -2.36. The van der Waals surface area contributed by atoms with Crippen molar-refractivity contribution in [1.29, 1.82) is 0 Å². The average molecular weight is 302 g/mol. The molecule has 126 valence electrons. The van der Waals surface area contributed by atoms with Crippen LogP contribution in [0.3, 0.4) is 0 Å². The molecular weight excluding hydrogens is 262 g/mol. The van der Waals surface area contributed by atoms with Gasteiger partial charge in [0.15, 0.2) is 0 Å². The first-order valence-corrected chi connectivity index (χ1v) is 8.81. The van der Waals surface area contributed by atoms with Crippen molar-refractivity contribution in [3.05, 3.63) is 12.2 Å². The van der Waals surface area contributed by atoms with Crippen molar-refractivity contribution in [2.24, 2.45) is 5.73 Å². The van der Waals surface area contributed by atoms with Crippen LogP contribution in [0, 0.1) is 0 Å². The highest BCUT2D eigenvalue weighted by molar-refractivity contribution is 4.93. The molecule has 0 rings (SSSR count). The van der Waals surface area contributed by atoms with Gasteiger partial charge in [-0.25, -0.2) is 0 Å². The first-order valence-electron chi connectivity index (χ1n) is 9.31. The smallest absolute Gasteiger partial charge is 0.0894 e. The van der Waals surface area contributed by atoms with Crippen molar-refractivity contribution in [3.63, 3.8) is 0 Å². The fourth-order valence-electron chi connectivity index (χ4n) is 2.35. The third-order valence-electron chi connectivity index (χ3n) is 3.84. The maximum atomic E-state index is 9.65. The molecule has 0 aromatic heterocycles. The second-order valence-corrected chi connectivity index (χ2v) is 5.94. The lowest BCUT2D eigenvalue weighted by molar-refractivity contribution is 0.144. The number of aliphatic hydroxyl groups is 2. The molecule has 0 radical (unpaired) electrons. The molecule has 0 saturated heterocycles. The maximum Gasteiger partial charge on any atom is 0.0894 e. The number of nitrogens with two attached hydrogens (primary N) is 1. The fourth-order valence-corrected chi connectivity index (χ4v) is 2.35. The molecule has 21 heavy (non-hydrogen) atoms. The van der Waals surface area contributed by atoms with Gasteiger partial charge in [-0.1, -0.05) is 83.3 Å². The highest BCUT2D eigenvalue weighted by atomic mass is 16.3. The summed E-state index contributed by atoms with van der Waals surface area (Å²) in [7, 11) is 0. The van der Waals surface area contributed by atoms with E-state index in [9.17, 15) is 5.11 Å². The van der Waals surface area contributed by atoms with Crippen molar-refractivity contribution in [3.8, 4) is 0 Å². The van der Waals surface area contributed by atoms with Crippen molar-refractivity contribution in [2.75, 3.05) is 6.61 Å². The Kier molecular flexibility index (Phi) is 14.2. The molecule has 2 atom stereocenters. The number of allylic oxidation sites excluding steroid dienone is 1. The molecule has 0 spiro atoms.